The van der Waals surface area contributed by atoms with Crippen molar-refractivity contribution >= 4 is 17.8 Å². The number of hydrogen-bond acceptors (Lipinski definition) is 10. The zero-order chi connectivity index (χ0) is 22.8. The number of anilines is 3. The van der Waals surface area contributed by atoms with Crippen LogP contribution in [0.15, 0.2) is 18.2 Å². The Labute approximate surface area is 189 Å². The number of piperidine rings is 2. The molecule has 4 unspecified atom stereocenters. The van der Waals surface area contributed by atoms with Gasteiger partial charge in [0, 0.05) is 56.9 Å². The maximum absolute atomic E-state index is 6.22. The summed E-state index contributed by atoms with van der Waals surface area (Å²) in [6.07, 6.45) is 1.59. The Hall–Kier alpha value is -2.53. The second-order valence-electron chi connectivity index (χ2n) is 9.35. The summed E-state index contributed by atoms with van der Waals surface area (Å²) in [6, 6.07) is 6.38. The summed E-state index contributed by atoms with van der Waals surface area (Å²) in [6.45, 7) is 7.48. The lowest BCUT2D eigenvalue weighted by atomic mass is 10.0. The maximum atomic E-state index is 6.22. The monoisotopic (exact) mass is 440 g/mol. The fourth-order valence-electron chi connectivity index (χ4n) is 4.49. The van der Waals surface area contributed by atoms with Crippen LogP contribution in [0.2, 0.25) is 0 Å². The van der Waals surface area contributed by atoms with Crippen molar-refractivity contribution in [3.8, 4) is 0 Å². The zero-order valence-corrected chi connectivity index (χ0v) is 19.0. The molecule has 10 nitrogen and oxygen atoms in total. The van der Waals surface area contributed by atoms with Gasteiger partial charge in [-0.2, -0.15) is 15.0 Å². The molecule has 0 amide bonds. The van der Waals surface area contributed by atoms with Crippen LogP contribution in [0, 0.1) is 13.8 Å². The molecule has 1 aromatic heterocycles. The molecule has 2 saturated heterocycles. The molecule has 0 saturated carbocycles. The molecule has 3 heterocycles. The first-order valence-corrected chi connectivity index (χ1v) is 11.3. The van der Waals surface area contributed by atoms with Crippen LogP contribution in [0.5, 0.6) is 0 Å². The van der Waals surface area contributed by atoms with Crippen LogP contribution in [-0.2, 0) is 6.54 Å². The van der Waals surface area contributed by atoms with Gasteiger partial charge < -0.3 is 38.1 Å². The van der Waals surface area contributed by atoms with E-state index in [1.54, 1.807) is 0 Å². The number of nitrogens with one attached hydrogen (secondary N) is 1. The van der Waals surface area contributed by atoms with Crippen LogP contribution in [0.25, 0.3) is 0 Å². The SMILES string of the molecule is Cc1ccc(CNc2nc(N3CC(N)CC(N)C3)nc(N3CC(N)CC(N)C3)n2)cc1C. The van der Waals surface area contributed by atoms with Crippen molar-refractivity contribution in [3.63, 3.8) is 0 Å². The molecule has 4 rings (SSSR count). The first-order chi connectivity index (χ1) is 15.3. The van der Waals surface area contributed by atoms with Crippen molar-refractivity contribution in [1.82, 2.24) is 15.0 Å². The fraction of sp³-hybridized carbons (Fsp3) is 0.591. The van der Waals surface area contributed by atoms with Gasteiger partial charge in [-0.3, -0.25) is 0 Å². The van der Waals surface area contributed by atoms with Crippen LogP contribution >= 0.6 is 0 Å². The van der Waals surface area contributed by atoms with Crippen LogP contribution in [0.1, 0.15) is 29.5 Å². The van der Waals surface area contributed by atoms with Gasteiger partial charge in [0.2, 0.25) is 17.8 Å². The van der Waals surface area contributed by atoms with E-state index in [0.29, 0.717) is 50.6 Å². The Morgan fingerprint density at radius 2 is 1.28 bits per heavy atom. The average Bonchev–Trinajstić information content (AvgIpc) is 2.73. The Balaban J connectivity index is 1.61. The summed E-state index contributed by atoms with van der Waals surface area (Å²) in [4.78, 5) is 18.3. The van der Waals surface area contributed by atoms with Crippen molar-refractivity contribution in [2.45, 2.75) is 57.4 Å². The molecule has 0 radical (unpaired) electrons. The van der Waals surface area contributed by atoms with Crippen LogP contribution < -0.4 is 38.1 Å². The average molecular weight is 441 g/mol. The molecular formula is C22H36N10. The molecule has 2 aliphatic heterocycles. The largest absolute Gasteiger partial charge is 0.350 e. The minimum Gasteiger partial charge on any atom is -0.350 e. The number of aryl methyl sites for hydroxylation is 2. The number of nitrogens with zero attached hydrogens (tertiary/aromatic N) is 5. The number of nitrogens with two attached hydrogens (primary N) is 4. The van der Waals surface area contributed by atoms with Gasteiger partial charge in [-0.25, -0.2) is 0 Å². The van der Waals surface area contributed by atoms with Crippen molar-refractivity contribution < 1.29 is 0 Å². The summed E-state index contributed by atoms with van der Waals surface area (Å²) in [5.74, 6) is 1.68. The van der Waals surface area contributed by atoms with E-state index in [1.807, 2.05) is 0 Å². The molecule has 4 atom stereocenters. The summed E-state index contributed by atoms with van der Waals surface area (Å²) in [7, 11) is 0. The van der Waals surface area contributed by atoms with Crippen molar-refractivity contribution in [1.29, 1.82) is 0 Å². The molecule has 0 aliphatic carbocycles. The standard InChI is InChI=1S/C22H36N10/c1-13-3-4-15(5-14(13)2)8-27-20-28-21(31-9-16(23)6-17(24)10-31)30-22(29-20)32-11-18(25)7-19(26)12-32/h3-5,16-19H,6-12,23-26H2,1-2H3,(H,27,28,29,30). The highest BCUT2D eigenvalue weighted by Gasteiger charge is 2.28. The molecule has 174 valence electrons. The highest BCUT2D eigenvalue weighted by atomic mass is 15.4. The lowest BCUT2D eigenvalue weighted by molar-refractivity contribution is 0.441. The predicted molar refractivity (Wildman–Crippen MR) is 129 cm³/mol. The number of rotatable bonds is 5. The summed E-state index contributed by atoms with van der Waals surface area (Å²) in [5.41, 5.74) is 28.6. The topological polar surface area (TPSA) is 161 Å². The molecule has 2 aliphatic rings. The first-order valence-electron chi connectivity index (χ1n) is 11.3. The van der Waals surface area contributed by atoms with Gasteiger partial charge in [0.25, 0.3) is 0 Å². The Morgan fingerprint density at radius 3 is 1.75 bits per heavy atom. The van der Waals surface area contributed by atoms with Gasteiger partial charge in [-0.15, -0.1) is 0 Å². The number of hydrogen-bond donors (Lipinski definition) is 5. The van der Waals surface area contributed by atoms with E-state index < -0.39 is 0 Å². The third-order valence-corrected chi connectivity index (χ3v) is 6.23. The van der Waals surface area contributed by atoms with E-state index >= 15 is 0 Å². The molecule has 0 bridgehead atoms. The van der Waals surface area contributed by atoms with Gasteiger partial charge >= 0.3 is 0 Å². The van der Waals surface area contributed by atoms with Crippen molar-refractivity contribution in [3.05, 3.63) is 34.9 Å². The quantitative estimate of drug-likeness (QED) is 0.422. The normalized spacial score (nSPS) is 26.3. The highest BCUT2D eigenvalue weighted by molar-refractivity contribution is 5.47. The van der Waals surface area contributed by atoms with Gasteiger partial charge in [0.15, 0.2) is 0 Å². The van der Waals surface area contributed by atoms with Crippen molar-refractivity contribution in [2.24, 2.45) is 22.9 Å². The second kappa shape index (κ2) is 9.53. The molecule has 1 aromatic carbocycles. The third-order valence-electron chi connectivity index (χ3n) is 6.23. The predicted octanol–water partition coefficient (Wildman–Crippen LogP) is -0.170. The minimum atomic E-state index is -0.0114. The molecule has 10 heteroatoms. The van der Waals surface area contributed by atoms with Gasteiger partial charge in [0.05, 0.1) is 0 Å². The van der Waals surface area contributed by atoms with E-state index in [4.69, 9.17) is 37.9 Å². The van der Waals surface area contributed by atoms with E-state index in [0.717, 1.165) is 12.8 Å². The Bertz CT molecular complexity index is 871. The fourth-order valence-corrected chi connectivity index (χ4v) is 4.49. The minimum absolute atomic E-state index is 0.0114. The molecular weight excluding hydrogens is 404 g/mol. The molecule has 9 N–H and O–H groups in total. The summed E-state index contributed by atoms with van der Waals surface area (Å²) in [5, 5.41) is 3.37. The van der Waals surface area contributed by atoms with Crippen LogP contribution in [0.4, 0.5) is 17.8 Å². The maximum Gasteiger partial charge on any atom is 0.232 e. The Morgan fingerprint density at radius 1 is 0.781 bits per heavy atom. The zero-order valence-electron chi connectivity index (χ0n) is 19.0. The van der Waals surface area contributed by atoms with E-state index in [-0.39, 0.29) is 24.2 Å². The summed E-state index contributed by atoms with van der Waals surface area (Å²) >= 11 is 0. The number of aromatic nitrogens is 3. The third kappa shape index (κ3) is 5.44. The van der Waals surface area contributed by atoms with Gasteiger partial charge in [-0.1, -0.05) is 18.2 Å². The van der Waals surface area contributed by atoms with Gasteiger partial charge in [0.1, 0.15) is 0 Å². The second-order valence-corrected chi connectivity index (χ2v) is 9.35. The Kier molecular flexibility index (Phi) is 6.75. The smallest absolute Gasteiger partial charge is 0.232 e. The van der Waals surface area contributed by atoms with Gasteiger partial charge in [-0.05, 0) is 43.4 Å². The first kappa shape index (κ1) is 22.7. The summed E-state index contributed by atoms with van der Waals surface area (Å²) < 4.78 is 0. The molecule has 0 spiro atoms. The molecule has 2 aromatic rings. The van der Waals surface area contributed by atoms with Crippen molar-refractivity contribution in [2.75, 3.05) is 41.3 Å². The van der Waals surface area contributed by atoms with Crippen LogP contribution in [-0.4, -0.2) is 65.3 Å². The highest BCUT2D eigenvalue weighted by Crippen LogP contribution is 2.22. The number of benzene rings is 1. The lowest BCUT2D eigenvalue weighted by Gasteiger charge is -2.37. The van der Waals surface area contributed by atoms with Crippen LogP contribution in [0.3, 0.4) is 0 Å². The van der Waals surface area contributed by atoms with E-state index in [1.165, 1.54) is 16.7 Å². The van der Waals surface area contributed by atoms with E-state index in [9.17, 15) is 0 Å². The molecule has 32 heavy (non-hydrogen) atoms. The van der Waals surface area contributed by atoms with E-state index in [2.05, 4.69) is 47.2 Å². The molecule has 2 fully saturated rings. The lowest BCUT2D eigenvalue weighted by Crippen LogP contribution is -2.54.